The first-order valence-electron chi connectivity index (χ1n) is 25.3. The quantitative estimate of drug-likeness (QED) is 0.129. The van der Waals surface area contributed by atoms with Gasteiger partial charge in [-0.3, -0.25) is 0 Å². The fourth-order valence-electron chi connectivity index (χ4n) is 10.5. The Hall–Kier alpha value is -5.29. The van der Waals surface area contributed by atoms with E-state index in [1.807, 2.05) is 55.4 Å². The van der Waals surface area contributed by atoms with E-state index < -0.39 is 14.0 Å². The average molecular weight is 1020 g/mol. The lowest BCUT2D eigenvalue weighted by Crippen LogP contribution is -2.41. The van der Waals surface area contributed by atoms with Gasteiger partial charge in [0, 0.05) is 4.47 Å². The third-order valence-corrected chi connectivity index (χ3v) is 17.4. The topological polar surface area (TPSA) is 55.4 Å². The Morgan fingerprint density at radius 1 is 0.306 bits per heavy atom. The Kier molecular flexibility index (Phi) is 11.8. The van der Waals surface area contributed by atoms with Gasteiger partial charge in [0.05, 0.1) is 33.6 Å². The summed E-state index contributed by atoms with van der Waals surface area (Å²) in [7, 11) is -1.32. The van der Waals surface area contributed by atoms with Crippen LogP contribution in [-0.2, 0) is 27.9 Å². The summed E-state index contributed by atoms with van der Waals surface area (Å²) < 4.78 is 37.8. The van der Waals surface area contributed by atoms with Crippen LogP contribution in [-0.4, -0.2) is 54.7 Å². The van der Waals surface area contributed by atoms with Crippen molar-refractivity contribution in [2.75, 3.05) is 0 Å². The molecule has 0 spiro atoms. The van der Waals surface area contributed by atoms with Crippen LogP contribution in [0.3, 0.4) is 0 Å². The van der Waals surface area contributed by atoms with Crippen molar-refractivity contribution in [1.82, 2.24) is 0 Å². The molecule has 72 heavy (non-hydrogen) atoms. The van der Waals surface area contributed by atoms with Gasteiger partial charge in [-0.25, -0.2) is 0 Å². The highest BCUT2D eigenvalue weighted by Crippen LogP contribution is 2.45. The minimum Gasteiger partial charge on any atom is -0.405 e. The molecule has 0 amide bonds. The maximum Gasteiger partial charge on any atom is 0.495 e. The number of hydrogen-bond donors (Lipinski definition) is 0. The van der Waals surface area contributed by atoms with Crippen LogP contribution >= 0.6 is 15.9 Å². The molecular formula is C62H62B3BrO6. The summed E-state index contributed by atoms with van der Waals surface area (Å²) in [5.41, 5.74) is 4.02. The van der Waals surface area contributed by atoms with Crippen molar-refractivity contribution in [3.05, 3.63) is 162 Å². The van der Waals surface area contributed by atoms with Gasteiger partial charge in [-0.05, 0) is 182 Å². The van der Waals surface area contributed by atoms with Crippen LogP contribution in [0.2, 0.25) is 0 Å². The number of benzene rings is 10. The molecule has 6 nitrogen and oxygen atoms in total. The second kappa shape index (κ2) is 17.4. The maximum atomic E-state index is 6.41. The Balaban J connectivity index is 0.000000122. The molecule has 0 atom stereocenters. The van der Waals surface area contributed by atoms with Crippen LogP contribution in [0.15, 0.2) is 162 Å². The van der Waals surface area contributed by atoms with Crippen molar-refractivity contribution >= 4 is 107 Å². The third kappa shape index (κ3) is 8.13. The summed E-state index contributed by atoms with van der Waals surface area (Å²) in [6.45, 7) is 24.6. The molecule has 10 heteroatoms. The molecule has 0 radical (unpaired) electrons. The zero-order valence-electron chi connectivity index (χ0n) is 43.6. The first-order chi connectivity index (χ1) is 34.1. The minimum atomic E-state index is -0.476. The van der Waals surface area contributed by atoms with Crippen molar-refractivity contribution in [1.29, 1.82) is 0 Å². The van der Waals surface area contributed by atoms with E-state index in [9.17, 15) is 0 Å². The van der Waals surface area contributed by atoms with E-state index in [1.54, 1.807) is 0 Å². The smallest absolute Gasteiger partial charge is 0.405 e. The molecule has 0 aromatic heterocycles. The van der Waals surface area contributed by atoms with Crippen LogP contribution in [0.4, 0.5) is 0 Å². The van der Waals surface area contributed by atoms with Crippen molar-refractivity contribution in [3.8, 4) is 22.3 Å². The molecule has 3 saturated heterocycles. The number of hydrogen-bond acceptors (Lipinski definition) is 6. The predicted molar refractivity (Wildman–Crippen MR) is 307 cm³/mol. The van der Waals surface area contributed by atoms with Gasteiger partial charge in [-0.1, -0.05) is 168 Å². The number of rotatable bonds is 4. The fourth-order valence-corrected chi connectivity index (χ4v) is 11.0. The summed E-state index contributed by atoms with van der Waals surface area (Å²) >= 11 is 3.70. The minimum absolute atomic E-state index is 0.359. The van der Waals surface area contributed by atoms with E-state index >= 15 is 0 Å². The van der Waals surface area contributed by atoms with Gasteiger partial charge in [-0.15, -0.1) is 0 Å². The van der Waals surface area contributed by atoms with Gasteiger partial charge in [0.15, 0.2) is 0 Å². The normalized spacial score (nSPS) is 19.4. The van der Waals surface area contributed by atoms with E-state index in [0.717, 1.165) is 9.94 Å². The highest BCUT2D eigenvalue weighted by molar-refractivity contribution is 9.10. The Morgan fingerprint density at radius 2 is 0.611 bits per heavy atom. The molecule has 0 N–H and O–H groups in total. The van der Waals surface area contributed by atoms with Gasteiger partial charge in [-0.2, -0.15) is 0 Å². The van der Waals surface area contributed by atoms with Gasteiger partial charge < -0.3 is 27.9 Å². The Morgan fingerprint density at radius 3 is 1.03 bits per heavy atom. The Bertz CT molecular complexity index is 3570. The Labute approximate surface area is 433 Å². The highest BCUT2D eigenvalue weighted by atomic mass is 79.9. The average Bonchev–Trinajstić information content (AvgIpc) is 3.82. The van der Waals surface area contributed by atoms with E-state index in [4.69, 9.17) is 27.9 Å². The van der Waals surface area contributed by atoms with Gasteiger partial charge in [0.2, 0.25) is 0 Å². The van der Waals surface area contributed by atoms with E-state index in [2.05, 4.69) is 201 Å². The molecule has 0 unspecified atom stereocenters. The largest absolute Gasteiger partial charge is 0.495 e. The van der Waals surface area contributed by atoms with Crippen molar-refractivity contribution in [2.45, 2.75) is 117 Å². The standard InChI is InChI=1S/C28H25BO2.C22H13Br.C12H24B2O4/c1-27(2)28(3,4)31-29(30-27)24-17-13-20-11-15-22-21(18-8-6-5-7-9-18)14-10-19-12-16-23(24)26(20)25(19)22;23-20-13-9-16-7-11-18-17(14-4-2-1-3-5-14)10-6-15-8-12-19(20)22(16)21(15)18;1-9(2)10(3,4)16-13(15-9)14-17-11(5,6)12(7,8)18-14/h5-17H,1-4H3;1-13H;1-8H3. The number of halogens is 1. The molecular weight excluding hydrogens is 953 g/mol. The van der Waals surface area contributed by atoms with Crippen LogP contribution in [0.1, 0.15) is 83.1 Å². The lowest BCUT2D eigenvalue weighted by atomic mass is 9.49. The van der Waals surface area contributed by atoms with Crippen molar-refractivity contribution < 1.29 is 27.9 Å². The van der Waals surface area contributed by atoms with Crippen molar-refractivity contribution in [2.24, 2.45) is 0 Å². The molecule has 3 aliphatic rings. The van der Waals surface area contributed by atoms with Crippen LogP contribution in [0.5, 0.6) is 0 Å². The molecule has 3 aliphatic heterocycles. The van der Waals surface area contributed by atoms with Gasteiger partial charge in [0.1, 0.15) is 0 Å². The molecule has 10 aromatic carbocycles. The summed E-state index contributed by atoms with van der Waals surface area (Å²) in [5, 5.41) is 15.5. The van der Waals surface area contributed by atoms with E-state index in [1.165, 1.54) is 86.9 Å². The summed E-state index contributed by atoms with van der Waals surface area (Å²) in [6, 6.07) is 56.9. The second-order valence-corrected chi connectivity index (χ2v) is 23.7. The first kappa shape index (κ1) is 49.0. The molecule has 0 aliphatic carbocycles. The van der Waals surface area contributed by atoms with E-state index in [-0.39, 0.29) is 40.7 Å². The van der Waals surface area contributed by atoms with Gasteiger partial charge >= 0.3 is 21.1 Å². The monoisotopic (exact) mass is 1010 g/mol. The molecule has 10 aromatic rings. The molecule has 0 saturated carbocycles. The second-order valence-electron chi connectivity index (χ2n) is 22.8. The predicted octanol–water partition coefficient (Wildman–Crippen LogP) is 15.8. The molecule has 13 rings (SSSR count). The summed E-state index contributed by atoms with van der Waals surface area (Å²) in [6.07, 6.45) is 0. The van der Waals surface area contributed by atoms with Gasteiger partial charge in [0.25, 0.3) is 0 Å². The molecule has 0 bridgehead atoms. The van der Waals surface area contributed by atoms with Crippen LogP contribution in [0.25, 0.3) is 86.9 Å². The summed E-state index contributed by atoms with van der Waals surface area (Å²) in [4.78, 5) is 0. The zero-order valence-corrected chi connectivity index (χ0v) is 45.2. The lowest BCUT2D eigenvalue weighted by molar-refractivity contribution is 0.00578. The molecule has 3 fully saturated rings. The third-order valence-electron chi connectivity index (χ3n) is 16.8. The van der Waals surface area contributed by atoms with Crippen LogP contribution in [0, 0.1) is 0 Å². The maximum absolute atomic E-state index is 6.41. The van der Waals surface area contributed by atoms with Crippen molar-refractivity contribution in [3.63, 3.8) is 0 Å². The zero-order chi connectivity index (χ0) is 50.8. The first-order valence-corrected chi connectivity index (χ1v) is 26.1. The molecule has 3 heterocycles. The lowest BCUT2D eigenvalue weighted by Gasteiger charge is -2.32. The fraction of sp³-hybridized carbons (Fsp3) is 0.290. The highest BCUT2D eigenvalue weighted by Gasteiger charge is 2.63. The van der Waals surface area contributed by atoms with Crippen LogP contribution < -0.4 is 5.46 Å². The molecule has 362 valence electrons. The summed E-state index contributed by atoms with van der Waals surface area (Å²) in [5.74, 6) is 0. The van der Waals surface area contributed by atoms with E-state index in [0.29, 0.717) is 0 Å². The SMILES string of the molecule is Brc1ccc2ccc3c(-c4ccccc4)ccc4ccc1c2c43.CC1(C)OB(B2OC(C)(C)C(C)(C)O2)OC1(C)C.CC1(C)OB(c2ccc3ccc4c(-c5ccccc5)ccc5ccc2c3c54)OC1(C)C.